The Hall–Kier alpha value is -1.88. The van der Waals surface area contributed by atoms with E-state index in [1.807, 2.05) is 25.2 Å². The van der Waals surface area contributed by atoms with Gasteiger partial charge in [0.2, 0.25) is 0 Å². The van der Waals surface area contributed by atoms with Gasteiger partial charge < -0.3 is 19.1 Å². The van der Waals surface area contributed by atoms with Gasteiger partial charge in [0.05, 0.1) is 43.7 Å². The second-order valence-corrected chi connectivity index (χ2v) is 11.7. The monoisotopic (exact) mass is 570 g/mol. The van der Waals surface area contributed by atoms with E-state index in [2.05, 4.69) is 14.9 Å². The van der Waals surface area contributed by atoms with Gasteiger partial charge in [0.1, 0.15) is 0 Å². The van der Waals surface area contributed by atoms with E-state index in [0.29, 0.717) is 67.5 Å². The number of sulfone groups is 1. The van der Waals surface area contributed by atoms with Crippen molar-refractivity contribution in [1.82, 2.24) is 4.90 Å². The van der Waals surface area contributed by atoms with Gasteiger partial charge in [-0.15, -0.1) is 0 Å². The maximum Gasteiger partial charge on any atom is 0.178 e. The number of hydrogen-bond acceptors (Lipinski definition) is 7. The van der Waals surface area contributed by atoms with E-state index in [9.17, 15) is 8.42 Å². The van der Waals surface area contributed by atoms with Crippen molar-refractivity contribution in [3.05, 3.63) is 73.6 Å². The number of benzene rings is 2. The van der Waals surface area contributed by atoms with Gasteiger partial charge in [0, 0.05) is 47.1 Å². The van der Waals surface area contributed by atoms with E-state index in [1.54, 1.807) is 18.2 Å². The third-order valence-corrected chi connectivity index (χ3v) is 8.35. The van der Waals surface area contributed by atoms with Gasteiger partial charge in [-0.3, -0.25) is 0 Å². The zero-order chi connectivity index (χ0) is 26.7. The van der Waals surface area contributed by atoms with Crippen LogP contribution < -0.4 is 0 Å². The Kier molecular flexibility index (Phi) is 11.9. The first-order chi connectivity index (χ1) is 17.8. The maximum absolute atomic E-state index is 12.8. The molecule has 0 aromatic heterocycles. The number of nitrogens with zero attached hydrogens (tertiary/aromatic N) is 4. The zero-order valence-electron chi connectivity index (χ0n) is 20.8. The van der Waals surface area contributed by atoms with Crippen molar-refractivity contribution < 1.29 is 22.6 Å². The summed E-state index contributed by atoms with van der Waals surface area (Å²) in [5.41, 5.74) is 11.3. The molecule has 1 atom stereocenters. The topological polar surface area (TPSA) is 114 Å². The standard InChI is InChI=1S/C25H32Cl2N4O5S/c1-31-17-23(22-15-20(26)16-25(27)24(22)18-31)19-3-5-21(6-4-19)37(32,33)14-2-8-34-10-12-36-13-11-35-9-7-29-30-28/h3-6,15-16,23H,2,7-14,17-18H2,1H3/t23-/m0/s1. The molecule has 1 aliphatic heterocycles. The van der Waals surface area contributed by atoms with E-state index in [4.69, 9.17) is 42.9 Å². The van der Waals surface area contributed by atoms with Crippen LogP contribution in [-0.4, -0.2) is 78.8 Å². The Bertz CT molecular complexity index is 1170. The lowest BCUT2D eigenvalue weighted by Gasteiger charge is -2.33. The average molecular weight is 572 g/mol. The van der Waals surface area contributed by atoms with E-state index in [1.165, 1.54) is 0 Å². The van der Waals surface area contributed by atoms with Crippen molar-refractivity contribution in [2.75, 3.05) is 65.5 Å². The molecule has 0 saturated heterocycles. The summed E-state index contributed by atoms with van der Waals surface area (Å²) in [5, 5.41) is 4.61. The maximum atomic E-state index is 12.8. The first-order valence-electron chi connectivity index (χ1n) is 12.0. The highest BCUT2D eigenvalue weighted by Gasteiger charge is 2.27. The molecule has 2 aromatic carbocycles. The molecule has 0 amide bonds. The third kappa shape index (κ3) is 9.12. The van der Waals surface area contributed by atoms with Crippen molar-refractivity contribution >= 4 is 33.0 Å². The van der Waals surface area contributed by atoms with Crippen LogP contribution in [0.2, 0.25) is 10.0 Å². The molecule has 2 aromatic rings. The number of rotatable bonds is 15. The molecule has 9 nitrogen and oxygen atoms in total. The molecule has 3 rings (SSSR count). The molecule has 1 aliphatic rings. The molecule has 0 saturated carbocycles. The number of likely N-dealkylation sites (N-methyl/N-ethyl adjacent to an activating group) is 1. The molecule has 0 aliphatic carbocycles. The summed E-state index contributed by atoms with van der Waals surface area (Å²) in [6.07, 6.45) is 0.393. The van der Waals surface area contributed by atoms with Crippen LogP contribution >= 0.6 is 23.2 Å². The SMILES string of the molecule is CN1Cc2c(Cl)cc(Cl)cc2[C@H](c2ccc(S(=O)(=O)CCCOCCOCCOCCN=[N+]=[N-])cc2)C1. The molecule has 0 fully saturated rings. The first-order valence-corrected chi connectivity index (χ1v) is 14.5. The van der Waals surface area contributed by atoms with Crippen molar-refractivity contribution in [2.24, 2.45) is 5.11 Å². The molecule has 37 heavy (non-hydrogen) atoms. The van der Waals surface area contributed by atoms with Gasteiger partial charge in [-0.2, -0.15) is 0 Å². The molecule has 0 N–H and O–H groups in total. The van der Waals surface area contributed by atoms with Gasteiger partial charge in [-0.25, -0.2) is 8.42 Å². The highest BCUT2D eigenvalue weighted by molar-refractivity contribution is 7.91. The number of azide groups is 1. The van der Waals surface area contributed by atoms with Crippen LogP contribution in [0.4, 0.5) is 0 Å². The first kappa shape index (κ1) is 29.7. The number of ether oxygens (including phenoxy) is 3. The predicted molar refractivity (Wildman–Crippen MR) is 144 cm³/mol. The minimum atomic E-state index is -3.42. The normalized spacial score (nSPS) is 15.8. The lowest BCUT2D eigenvalue weighted by Crippen LogP contribution is -2.31. The number of halogens is 2. The Morgan fingerprint density at radius 3 is 2.35 bits per heavy atom. The summed E-state index contributed by atoms with van der Waals surface area (Å²) in [7, 11) is -1.38. The Morgan fingerprint density at radius 1 is 1.03 bits per heavy atom. The smallest absolute Gasteiger partial charge is 0.178 e. The van der Waals surface area contributed by atoms with Crippen molar-refractivity contribution in [3.63, 3.8) is 0 Å². The van der Waals surface area contributed by atoms with Crippen LogP contribution in [0.5, 0.6) is 0 Å². The van der Waals surface area contributed by atoms with Gasteiger partial charge >= 0.3 is 0 Å². The van der Waals surface area contributed by atoms with Crippen LogP contribution in [0.3, 0.4) is 0 Å². The Morgan fingerprint density at radius 2 is 1.68 bits per heavy atom. The van der Waals surface area contributed by atoms with Crippen LogP contribution in [0, 0.1) is 0 Å². The summed E-state index contributed by atoms with van der Waals surface area (Å²) < 4.78 is 41.7. The predicted octanol–water partition coefficient (Wildman–Crippen LogP) is 5.09. The number of hydrogen-bond donors (Lipinski definition) is 0. The van der Waals surface area contributed by atoms with Crippen LogP contribution in [0.1, 0.15) is 29.0 Å². The molecular weight excluding hydrogens is 539 g/mol. The van der Waals surface area contributed by atoms with E-state index >= 15 is 0 Å². The third-order valence-electron chi connectivity index (χ3n) is 5.98. The summed E-state index contributed by atoms with van der Waals surface area (Å²) in [4.78, 5) is 5.14. The van der Waals surface area contributed by atoms with Crippen molar-refractivity contribution in [2.45, 2.75) is 23.8 Å². The molecule has 0 radical (unpaired) electrons. The van der Waals surface area contributed by atoms with E-state index in [0.717, 1.165) is 29.8 Å². The number of fused-ring (bicyclic) bond motifs is 1. The second kappa shape index (κ2) is 14.9. The quantitative estimate of drug-likeness (QED) is 0.127. The largest absolute Gasteiger partial charge is 0.379 e. The summed E-state index contributed by atoms with van der Waals surface area (Å²) in [6, 6.07) is 10.8. The van der Waals surface area contributed by atoms with E-state index in [-0.39, 0.29) is 11.7 Å². The van der Waals surface area contributed by atoms with E-state index < -0.39 is 9.84 Å². The Labute approximate surface area is 228 Å². The second-order valence-electron chi connectivity index (χ2n) is 8.74. The molecule has 1 heterocycles. The van der Waals surface area contributed by atoms with Crippen LogP contribution in [-0.2, 0) is 30.6 Å². The minimum absolute atomic E-state index is 0.00639. The Balaban J connectivity index is 1.42. The van der Waals surface area contributed by atoms with Crippen LogP contribution in [0.25, 0.3) is 10.4 Å². The summed E-state index contributed by atoms with van der Waals surface area (Å²) >= 11 is 12.7. The molecule has 12 heteroatoms. The average Bonchev–Trinajstić information content (AvgIpc) is 2.87. The van der Waals surface area contributed by atoms with Crippen molar-refractivity contribution in [1.29, 1.82) is 0 Å². The molecule has 0 spiro atoms. The van der Waals surface area contributed by atoms with Gasteiger partial charge in [-0.1, -0.05) is 40.4 Å². The fourth-order valence-electron chi connectivity index (χ4n) is 4.20. The summed E-state index contributed by atoms with van der Waals surface area (Å²) in [5.74, 6) is 0.0634. The highest BCUT2D eigenvalue weighted by atomic mass is 35.5. The lowest BCUT2D eigenvalue weighted by atomic mass is 9.85. The van der Waals surface area contributed by atoms with Gasteiger partial charge in [0.25, 0.3) is 0 Å². The molecule has 202 valence electrons. The molecule has 0 bridgehead atoms. The molecular formula is C25H32Cl2N4O5S. The zero-order valence-corrected chi connectivity index (χ0v) is 23.1. The minimum Gasteiger partial charge on any atom is -0.379 e. The van der Waals surface area contributed by atoms with Crippen molar-refractivity contribution in [3.8, 4) is 0 Å². The fourth-order valence-corrected chi connectivity index (χ4v) is 6.05. The molecule has 0 unspecified atom stereocenters. The fraction of sp³-hybridized carbons (Fsp3) is 0.520. The van der Waals surface area contributed by atoms with Gasteiger partial charge in [-0.05, 0) is 60.0 Å². The summed E-state index contributed by atoms with van der Waals surface area (Å²) in [6.45, 7) is 4.11. The highest BCUT2D eigenvalue weighted by Crippen LogP contribution is 2.38. The van der Waals surface area contributed by atoms with Crippen LogP contribution in [0.15, 0.2) is 46.4 Å². The van der Waals surface area contributed by atoms with Gasteiger partial charge in [0.15, 0.2) is 9.84 Å². The lowest BCUT2D eigenvalue weighted by molar-refractivity contribution is 0.0162.